The van der Waals surface area contributed by atoms with Gasteiger partial charge in [0.05, 0.1) is 31.7 Å². The zero-order valence-corrected chi connectivity index (χ0v) is 13.9. The van der Waals surface area contributed by atoms with Gasteiger partial charge in [-0.2, -0.15) is 0 Å². The second-order valence-corrected chi connectivity index (χ2v) is 4.78. The van der Waals surface area contributed by atoms with Gasteiger partial charge in [0.15, 0.2) is 0 Å². The van der Waals surface area contributed by atoms with Crippen molar-refractivity contribution in [3.63, 3.8) is 0 Å². The molecule has 1 aromatic heterocycles. The van der Waals surface area contributed by atoms with Crippen LogP contribution in [0.25, 0.3) is 0 Å². The fraction of sp³-hybridized carbons (Fsp3) is 0.250. The predicted octanol–water partition coefficient (Wildman–Crippen LogP) is 2.64. The number of nitrogen functional groups attached to an aromatic ring is 1. The van der Waals surface area contributed by atoms with Crippen LogP contribution < -0.4 is 11.1 Å². The quantitative estimate of drug-likeness (QED) is 0.746. The van der Waals surface area contributed by atoms with Crippen LogP contribution in [-0.2, 0) is 16.1 Å². The summed E-state index contributed by atoms with van der Waals surface area (Å²) in [6, 6.07) is 7.33. The fourth-order valence-corrected chi connectivity index (χ4v) is 1.83. The highest BCUT2D eigenvalue weighted by molar-refractivity contribution is 6.04. The molecule has 0 saturated heterocycles. The van der Waals surface area contributed by atoms with Crippen LogP contribution in [0, 0.1) is 5.82 Å². The third-order valence-corrected chi connectivity index (χ3v) is 3.04. The average Bonchev–Trinajstić information content (AvgIpc) is 2.55. The molecule has 0 bridgehead atoms. The highest BCUT2D eigenvalue weighted by atomic mass is 35.5. The normalized spacial score (nSPS) is 10.1. The summed E-state index contributed by atoms with van der Waals surface area (Å²) in [5, 5.41) is 2.67. The van der Waals surface area contributed by atoms with Crippen LogP contribution in [-0.4, -0.2) is 31.2 Å². The lowest BCUT2D eigenvalue weighted by atomic mass is 10.1. The van der Waals surface area contributed by atoms with Crippen molar-refractivity contribution in [1.29, 1.82) is 0 Å². The maximum Gasteiger partial charge on any atom is 0.255 e. The van der Waals surface area contributed by atoms with Crippen molar-refractivity contribution in [2.75, 3.05) is 31.4 Å². The van der Waals surface area contributed by atoms with Crippen LogP contribution in [0.3, 0.4) is 0 Å². The van der Waals surface area contributed by atoms with Gasteiger partial charge in [-0.15, -0.1) is 12.4 Å². The number of pyridine rings is 1. The molecule has 3 N–H and O–H groups in total. The Hall–Kier alpha value is -2.22. The maximum absolute atomic E-state index is 13.7. The molecule has 0 unspecified atom stereocenters. The molecule has 1 aromatic carbocycles. The van der Waals surface area contributed by atoms with E-state index >= 15 is 0 Å². The Morgan fingerprint density at radius 3 is 2.75 bits per heavy atom. The average molecular weight is 356 g/mol. The van der Waals surface area contributed by atoms with E-state index in [4.69, 9.17) is 15.2 Å². The molecule has 0 saturated carbocycles. The minimum Gasteiger partial charge on any atom is -0.384 e. The molecule has 2 aromatic rings. The largest absolute Gasteiger partial charge is 0.384 e. The molecule has 8 heteroatoms. The molecule has 0 aliphatic carbocycles. The lowest BCUT2D eigenvalue weighted by Crippen LogP contribution is -2.13. The first-order chi connectivity index (χ1) is 11.1. The molecule has 0 radical (unpaired) electrons. The van der Waals surface area contributed by atoms with Crippen LogP contribution in [0.2, 0.25) is 0 Å². The van der Waals surface area contributed by atoms with Crippen LogP contribution in [0.1, 0.15) is 15.9 Å². The van der Waals surface area contributed by atoms with Gasteiger partial charge < -0.3 is 20.5 Å². The van der Waals surface area contributed by atoms with E-state index in [1.807, 2.05) is 0 Å². The number of hydrogen-bond acceptors (Lipinski definition) is 5. The van der Waals surface area contributed by atoms with Crippen molar-refractivity contribution < 1.29 is 18.7 Å². The lowest BCUT2D eigenvalue weighted by Gasteiger charge is -2.09. The Morgan fingerprint density at radius 1 is 1.29 bits per heavy atom. The first-order valence-electron chi connectivity index (χ1n) is 6.98. The number of amides is 1. The van der Waals surface area contributed by atoms with Gasteiger partial charge in [-0.25, -0.2) is 9.37 Å². The second-order valence-electron chi connectivity index (χ2n) is 4.78. The number of anilines is 2. The molecule has 2 rings (SSSR count). The number of halogens is 2. The Balaban J connectivity index is 0.00000288. The minimum absolute atomic E-state index is 0. The molecule has 0 aliphatic heterocycles. The Morgan fingerprint density at radius 2 is 2.08 bits per heavy atom. The van der Waals surface area contributed by atoms with Crippen molar-refractivity contribution in [1.82, 2.24) is 4.98 Å². The molecule has 1 amide bonds. The summed E-state index contributed by atoms with van der Waals surface area (Å²) in [4.78, 5) is 16.1. The van der Waals surface area contributed by atoms with Crippen molar-refractivity contribution >= 4 is 29.8 Å². The van der Waals surface area contributed by atoms with E-state index in [0.717, 1.165) is 0 Å². The first kappa shape index (κ1) is 19.8. The summed E-state index contributed by atoms with van der Waals surface area (Å²) in [5.74, 6) is -0.428. The molecule has 0 spiro atoms. The maximum atomic E-state index is 13.7. The molecule has 0 aliphatic rings. The molecule has 0 atom stereocenters. The smallest absolute Gasteiger partial charge is 0.255 e. The van der Waals surface area contributed by atoms with E-state index in [0.29, 0.717) is 35.8 Å². The summed E-state index contributed by atoms with van der Waals surface area (Å²) in [5.41, 5.74) is 6.63. The summed E-state index contributed by atoms with van der Waals surface area (Å²) < 4.78 is 23.9. The van der Waals surface area contributed by atoms with Gasteiger partial charge in [0.25, 0.3) is 5.91 Å². The number of nitrogens with two attached hydrogens (primary N) is 1. The third-order valence-electron chi connectivity index (χ3n) is 3.04. The number of ether oxygens (including phenoxy) is 2. The van der Waals surface area contributed by atoms with E-state index in [9.17, 15) is 9.18 Å². The lowest BCUT2D eigenvalue weighted by molar-refractivity contribution is 0.0604. The SMILES string of the molecule is COCCOCc1cc(C(=O)Nc2ccc(N)nc2)ccc1F.Cl. The number of methoxy groups -OCH3 is 1. The van der Waals surface area contributed by atoms with Crippen molar-refractivity contribution in [2.24, 2.45) is 0 Å². The Bertz CT molecular complexity index is 668. The van der Waals surface area contributed by atoms with Gasteiger partial charge in [-0.1, -0.05) is 0 Å². The van der Waals surface area contributed by atoms with Gasteiger partial charge in [-0.3, -0.25) is 4.79 Å². The highest BCUT2D eigenvalue weighted by Gasteiger charge is 2.10. The molecule has 24 heavy (non-hydrogen) atoms. The molecule has 1 heterocycles. The zero-order chi connectivity index (χ0) is 16.7. The molecular formula is C16H19ClFN3O3. The van der Waals surface area contributed by atoms with E-state index in [2.05, 4.69) is 10.3 Å². The number of carbonyl (C=O) groups excluding carboxylic acids is 1. The van der Waals surface area contributed by atoms with Gasteiger partial charge in [0.2, 0.25) is 0 Å². The minimum atomic E-state index is -0.423. The van der Waals surface area contributed by atoms with Gasteiger partial charge >= 0.3 is 0 Å². The first-order valence-corrected chi connectivity index (χ1v) is 6.98. The van der Waals surface area contributed by atoms with E-state index < -0.39 is 5.82 Å². The number of hydrogen-bond donors (Lipinski definition) is 2. The zero-order valence-electron chi connectivity index (χ0n) is 13.1. The molecule has 130 valence electrons. The summed E-state index contributed by atoms with van der Waals surface area (Å²) in [7, 11) is 1.56. The highest BCUT2D eigenvalue weighted by Crippen LogP contribution is 2.14. The van der Waals surface area contributed by atoms with Crippen molar-refractivity contribution in [2.45, 2.75) is 6.61 Å². The van der Waals surface area contributed by atoms with Gasteiger partial charge in [0, 0.05) is 18.2 Å². The van der Waals surface area contributed by atoms with Crippen LogP contribution in [0.4, 0.5) is 15.9 Å². The topological polar surface area (TPSA) is 86.5 Å². The third kappa shape index (κ3) is 5.77. The summed E-state index contributed by atoms with van der Waals surface area (Å²) in [6.45, 7) is 0.842. The summed E-state index contributed by atoms with van der Waals surface area (Å²) >= 11 is 0. The van der Waals surface area contributed by atoms with Gasteiger partial charge in [-0.05, 0) is 30.3 Å². The van der Waals surface area contributed by atoms with Crippen LogP contribution in [0.15, 0.2) is 36.5 Å². The number of rotatable bonds is 7. The fourth-order valence-electron chi connectivity index (χ4n) is 1.83. The standard InChI is InChI=1S/C16H18FN3O3.ClH/c1-22-6-7-23-10-12-8-11(2-4-14(12)17)16(21)20-13-3-5-15(18)19-9-13;/h2-5,8-9H,6-7,10H2,1H3,(H2,18,19)(H,20,21);1H. The van der Waals surface area contributed by atoms with Crippen LogP contribution >= 0.6 is 12.4 Å². The number of nitrogens with one attached hydrogen (secondary N) is 1. The number of aromatic nitrogens is 1. The number of benzene rings is 1. The molecule has 0 fully saturated rings. The predicted molar refractivity (Wildman–Crippen MR) is 91.8 cm³/mol. The van der Waals surface area contributed by atoms with Gasteiger partial charge in [0.1, 0.15) is 11.6 Å². The van der Waals surface area contributed by atoms with E-state index in [1.54, 1.807) is 19.2 Å². The van der Waals surface area contributed by atoms with Crippen molar-refractivity contribution in [3.8, 4) is 0 Å². The number of nitrogens with zero attached hydrogens (tertiary/aromatic N) is 1. The summed E-state index contributed by atoms with van der Waals surface area (Å²) in [6.07, 6.45) is 1.45. The van der Waals surface area contributed by atoms with E-state index in [-0.39, 0.29) is 24.9 Å². The Labute approximate surface area is 145 Å². The molecule has 6 nitrogen and oxygen atoms in total. The Kier molecular flexibility index (Phi) is 8.11. The van der Waals surface area contributed by atoms with Crippen molar-refractivity contribution in [3.05, 3.63) is 53.5 Å². The molecular weight excluding hydrogens is 337 g/mol. The van der Waals surface area contributed by atoms with E-state index in [1.165, 1.54) is 24.4 Å². The van der Waals surface area contributed by atoms with Crippen LogP contribution in [0.5, 0.6) is 0 Å². The second kappa shape index (κ2) is 9.82. The number of carbonyl (C=O) groups is 1. The monoisotopic (exact) mass is 355 g/mol.